The van der Waals surface area contributed by atoms with Gasteiger partial charge in [0.05, 0.1) is 11.6 Å². The first-order chi connectivity index (χ1) is 7.76. The van der Waals surface area contributed by atoms with Crippen LogP contribution < -0.4 is 5.32 Å². The maximum Gasteiger partial charge on any atom is 0.325 e. The van der Waals surface area contributed by atoms with Gasteiger partial charge in [-0.05, 0) is 24.3 Å². The van der Waals surface area contributed by atoms with Gasteiger partial charge in [0.2, 0.25) is 0 Å². The van der Waals surface area contributed by atoms with Crippen LogP contribution in [0.4, 0.5) is 5.69 Å². The molecule has 0 spiro atoms. The van der Waals surface area contributed by atoms with E-state index in [1.807, 2.05) is 6.07 Å². The van der Waals surface area contributed by atoms with Crippen molar-refractivity contribution < 1.29 is 9.53 Å². The van der Waals surface area contributed by atoms with Crippen LogP contribution in [0.5, 0.6) is 0 Å². The maximum atomic E-state index is 11.1. The minimum absolute atomic E-state index is 0.0970. The number of rotatable bonds is 5. The molecule has 0 saturated heterocycles. The molecular formula is C12H12N2O2. The summed E-state index contributed by atoms with van der Waals surface area (Å²) >= 11 is 0. The lowest BCUT2D eigenvalue weighted by atomic mass is 10.2. The minimum Gasteiger partial charge on any atom is -0.460 e. The zero-order chi connectivity index (χ0) is 11.8. The summed E-state index contributed by atoms with van der Waals surface area (Å²) in [6, 6.07) is 8.84. The van der Waals surface area contributed by atoms with E-state index in [4.69, 9.17) is 10.00 Å². The molecule has 4 heteroatoms. The summed E-state index contributed by atoms with van der Waals surface area (Å²) in [5.41, 5.74) is 1.36. The minimum atomic E-state index is -0.343. The fourth-order valence-electron chi connectivity index (χ4n) is 1.04. The van der Waals surface area contributed by atoms with Gasteiger partial charge in [-0.15, -0.1) is 0 Å². The second kappa shape index (κ2) is 6.25. The fraction of sp³-hybridized carbons (Fsp3) is 0.167. The molecule has 82 valence electrons. The summed E-state index contributed by atoms with van der Waals surface area (Å²) in [6.07, 6.45) is 1.51. The van der Waals surface area contributed by atoms with E-state index in [0.29, 0.717) is 5.56 Å². The number of hydrogen-bond donors (Lipinski definition) is 1. The second-order valence-corrected chi connectivity index (χ2v) is 3.01. The lowest BCUT2D eigenvalue weighted by Gasteiger charge is -2.05. The molecule has 0 bridgehead atoms. The van der Waals surface area contributed by atoms with Crippen molar-refractivity contribution in [3.05, 3.63) is 42.5 Å². The Bertz CT molecular complexity index is 404. The summed E-state index contributed by atoms with van der Waals surface area (Å²) < 4.78 is 4.79. The average Bonchev–Trinajstić information content (AvgIpc) is 2.34. The molecule has 1 N–H and O–H groups in total. The molecule has 0 atom stereocenters. The van der Waals surface area contributed by atoms with Crippen LogP contribution in [0.3, 0.4) is 0 Å². The monoisotopic (exact) mass is 216 g/mol. The van der Waals surface area contributed by atoms with E-state index in [-0.39, 0.29) is 19.1 Å². The number of nitriles is 1. The predicted molar refractivity (Wildman–Crippen MR) is 60.8 cm³/mol. The predicted octanol–water partition coefficient (Wildman–Crippen LogP) is 1.70. The molecule has 4 nitrogen and oxygen atoms in total. The lowest BCUT2D eigenvalue weighted by Crippen LogP contribution is -2.16. The number of ether oxygens (including phenoxy) is 1. The number of esters is 1. The number of benzene rings is 1. The van der Waals surface area contributed by atoms with Gasteiger partial charge in [0.15, 0.2) is 0 Å². The molecule has 0 fully saturated rings. The van der Waals surface area contributed by atoms with Crippen molar-refractivity contribution in [2.45, 2.75) is 0 Å². The number of nitrogens with zero attached hydrogens (tertiary/aromatic N) is 1. The van der Waals surface area contributed by atoms with Crippen molar-refractivity contribution in [1.82, 2.24) is 0 Å². The van der Waals surface area contributed by atoms with Crippen LogP contribution in [-0.2, 0) is 9.53 Å². The molecule has 1 aromatic rings. The van der Waals surface area contributed by atoms with Crippen LogP contribution in [-0.4, -0.2) is 19.1 Å². The van der Waals surface area contributed by atoms with Gasteiger partial charge < -0.3 is 10.1 Å². The van der Waals surface area contributed by atoms with Gasteiger partial charge in [-0.1, -0.05) is 12.7 Å². The number of hydrogen-bond acceptors (Lipinski definition) is 4. The molecular weight excluding hydrogens is 204 g/mol. The summed E-state index contributed by atoms with van der Waals surface area (Å²) in [5, 5.41) is 11.5. The first-order valence-corrected chi connectivity index (χ1v) is 4.77. The average molecular weight is 216 g/mol. The van der Waals surface area contributed by atoms with Gasteiger partial charge in [0.1, 0.15) is 13.2 Å². The van der Waals surface area contributed by atoms with Crippen LogP contribution in [0.1, 0.15) is 5.56 Å². The number of carbonyl (C=O) groups is 1. The summed E-state index contributed by atoms with van der Waals surface area (Å²) in [6.45, 7) is 3.75. The van der Waals surface area contributed by atoms with Gasteiger partial charge in [-0.25, -0.2) is 0 Å². The SMILES string of the molecule is C=CCOC(=O)CNc1ccc(C#N)cc1. The van der Waals surface area contributed by atoms with E-state index in [9.17, 15) is 4.79 Å². The quantitative estimate of drug-likeness (QED) is 0.601. The van der Waals surface area contributed by atoms with Crippen LogP contribution in [0.25, 0.3) is 0 Å². The highest BCUT2D eigenvalue weighted by atomic mass is 16.5. The van der Waals surface area contributed by atoms with Crippen molar-refractivity contribution >= 4 is 11.7 Å². The molecule has 0 aliphatic carbocycles. The zero-order valence-corrected chi connectivity index (χ0v) is 8.77. The molecule has 0 aromatic heterocycles. The first kappa shape index (κ1) is 11.8. The third kappa shape index (κ3) is 3.84. The third-order valence-electron chi connectivity index (χ3n) is 1.81. The van der Waals surface area contributed by atoms with Crippen molar-refractivity contribution in [2.24, 2.45) is 0 Å². The third-order valence-corrected chi connectivity index (χ3v) is 1.81. The Balaban J connectivity index is 2.40. The molecule has 0 amide bonds. The summed E-state index contributed by atoms with van der Waals surface area (Å²) in [4.78, 5) is 11.1. The van der Waals surface area contributed by atoms with Crippen LogP contribution in [0, 0.1) is 11.3 Å². The van der Waals surface area contributed by atoms with Gasteiger partial charge in [-0.3, -0.25) is 4.79 Å². The highest BCUT2D eigenvalue weighted by Gasteiger charge is 2.00. The Morgan fingerprint density at radius 3 is 2.75 bits per heavy atom. The fourth-order valence-corrected chi connectivity index (χ4v) is 1.04. The smallest absolute Gasteiger partial charge is 0.325 e. The Morgan fingerprint density at radius 2 is 2.19 bits per heavy atom. The van der Waals surface area contributed by atoms with Crippen molar-refractivity contribution in [3.8, 4) is 6.07 Å². The van der Waals surface area contributed by atoms with E-state index >= 15 is 0 Å². The summed E-state index contributed by atoms with van der Waals surface area (Å²) in [7, 11) is 0. The molecule has 0 radical (unpaired) electrons. The topological polar surface area (TPSA) is 62.1 Å². The molecule has 16 heavy (non-hydrogen) atoms. The molecule has 0 aliphatic rings. The Labute approximate surface area is 94.1 Å². The Kier molecular flexibility index (Phi) is 4.61. The van der Waals surface area contributed by atoms with E-state index in [2.05, 4.69) is 11.9 Å². The number of nitrogens with one attached hydrogen (secondary N) is 1. The second-order valence-electron chi connectivity index (χ2n) is 3.01. The first-order valence-electron chi connectivity index (χ1n) is 4.77. The molecule has 0 saturated carbocycles. The van der Waals surface area contributed by atoms with Crippen LogP contribution in [0.2, 0.25) is 0 Å². The lowest BCUT2D eigenvalue weighted by molar-refractivity contribution is -0.140. The Hall–Kier alpha value is -2.28. The zero-order valence-electron chi connectivity index (χ0n) is 8.77. The normalized spacial score (nSPS) is 8.94. The van der Waals surface area contributed by atoms with E-state index < -0.39 is 0 Å². The maximum absolute atomic E-state index is 11.1. The van der Waals surface area contributed by atoms with Gasteiger partial charge in [0, 0.05) is 5.69 Å². The van der Waals surface area contributed by atoms with Crippen molar-refractivity contribution in [2.75, 3.05) is 18.5 Å². The standard InChI is InChI=1S/C12H12N2O2/c1-2-7-16-12(15)9-14-11-5-3-10(8-13)4-6-11/h2-6,14H,1,7,9H2. The molecule has 0 heterocycles. The van der Waals surface area contributed by atoms with Crippen molar-refractivity contribution in [3.63, 3.8) is 0 Å². The molecule has 0 aliphatic heterocycles. The molecule has 1 rings (SSSR count). The van der Waals surface area contributed by atoms with Gasteiger partial charge in [0.25, 0.3) is 0 Å². The molecule has 0 unspecified atom stereocenters. The van der Waals surface area contributed by atoms with Gasteiger partial charge in [-0.2, -0.15) is 5.26 Å². The molecule has 1 aromatic carbocycles. The Morgan fingerprint density at radius 1 is 1.50 bits per heavy atom. The van der Waals surface area contributed by atoms with E-state index in [1.165, 1.54) is 6.08 Å². The number of anilines is 1. The number of carbonyl (C=O) groups excluding carboxylic acids is 1. The van der Waals surface area contributed by atoms with E-state index in [0.717, 1.165) is 5.69 Å². The largest absolute Gasteiger partial charge is 0.460 e. The summed E-state index contributed by atoms with van der Waals surface area (Å²) in [5.74, 6) is -0.343. The van der Waals surface area contributed by atoms with Crippen LogP contribution >= 0.6 is 0 Å². The highest BCUT2D eigenvalue weighted by Crippen LogP contribution is 2.08. The van der Waals surface area contributed by atoms with Gasteiger partial charge >= 0.3 is 5.97 Å². The van der Waals surface area contributed by atoms with Crippen LogP contribution in [0.15, 0.2) is 36.9 Å². The van der Waals surface area contributed by atoms with Crippen molar-refractivity contribution in [1.29, 1.82) is 5.26 Å². The highest BCUT2D eigenvalue weighted by molar-refractivity contribution is 5.75. The van der Waals surface area contributed by atoms with E-state index in [1.54, 1.807) is 24.3 Å².